The number of nitrogen functional groups attached to an aromatic ring is 1. The fourth-order valence-electron chi connectivity index (χ4n) is 1.41. The van der Waals surface area contributed by atoms with Crippen LogP contribution in [-0.4, -0.2) is 17.6 Å². The quantitative estimate of drug-likeness (QED) is 0.836. The van der Waals surface area contributed by atoms with Gasteiger partial charge in [0.05, 0.1) is 10.2 Å². The molecular formula is C13H18BrFN2O2. The summed E-state index contributed by atoms with van der Waals surface area (Å²) in [5.41, 5.74) is 5.47. The smallest absolute Gasteiger partial charge is 0.261 e. The van der Waals surface area contributed by atoms with Gasteiger partial charge in [0, 0.05) is 11.6 Å². The molecule has 1 atom stereocenters. The SMILES string of the molecule is CC(Oc1c(N)cc(F)cc1Br)C(=O)NC(C)(C)C. The minimum atomic E-state index is -0.733. The number of hydrogen-bond acceptors (Lipinski definition) is 3. The molecule has 0 radical (unpaired) electrons. The van der Waals surface area contributed by atoms with Crippen LogP contribution in [0.4, 0.5) is 10.1 Å². The van der Waals surface area contributed by atoms with Gasteiger partial charge >= 0.3 is 0 Å². The van der Waals surface area contributed by atoms with Crippen molar-refractivity contribution in [2.75, 3.05) is 5.73 Å². The van der Waals surface area contributed by atoms with Gasteiger partial charge < -0.3 is 15.8 Å². The molecule has 0 aliphatic heterocycles. The zero-order chi connectivity index (χ0) is 14.8. The van der Waals surface area contributed by atoms with Gasteiger partial charge in [0.1, 0.15) is 5.82 Å². The number of halogens is 2. The number of carbonyl (C=O) groups is 1. The highest BCUT2D eigenvalue weighted by molar-refractivity contribution is 9.10. The first-order valence-electron chi connectivity index (χ1n) is 5.83. The zero-order valence-corrected chi connectivity index (χ0v) is 13.0. The first-order chi connectivity index (χ1) is 8.60. The van der Waals surface area contributed by atoms with Crippen molar-refractivity contribution in [3.8, 4) is 5.75 Å². The molecular weight excluding hydrogens is 315 g/mol. The van der Waals surface area contributed by atoms with Crippen LogP contribution in [-0.2, 0) is 4.79 Å². The topological polar surface area (TPSA) is 64.3 Å². The zero-order valence-electron chi connectivity index (χ0n) is 11.4. The first kappa shape index (κ1) is 15.8. The number of benzene rings is 1. The molecule has 0 heterocycles. The lowest BCUT2D eigenvalue weighted by Crippen LogP contribution is -2.46. The molecule has 0 fully saturated rings. The van der Waals surface area contributed by atoms with Crippen LogP contribution in [0.5, 0.6) is 5.75 Å². The van der Waals surface area contributed by atoms with Crippen LogP contribution in [0.1, 0.15) is 27.7 Å². The molecule has 1 rings (SSSR count). The number of anilines is 1. The van der Waals surface area contributed by atoms with E-state index in [-0.39, 0.29) is 22.9 Å². The highest BCUT2D eigenvalue weighted by Crippen LogP contribution is 2.33. The van der Waals surface area contributed by atoms with E-state index in [1.165, 1.54) is 6.07 Å². The predicted molar refractivity (Wildman–Crippen MR) is 76.5 cm³/mol. The summed E-state index contributed by atoms with van der Waals surface area (Å²) in [5, 5.41) is 2.80. The lowest BCUT2D eigenvalue weighted by molar-refractivity contribution is -0.128. The van der Waals surface area contributed by atoms with E-state index in [4.69, 9.17) is 10.5 Å². The Morgan fingerprint density at radius 2 is 2.05 bits per heavy atom. The van der Waals surface area contributed by atoms with E-state index < -0.39 is 11.9 Å². The molecule has 0 aliphatic rings. The summed E-state index contributed by atoms with van der Waals surface area (Å²) in [6.07, 6.45) is -0.733. The number of rotatable bonds is 3. The Bertz CT molecular complexity index is 463. The van der Waals surface area contributed by atoms with E-state index in [0.717, 1.165) is 6.07 Å². The summed E-state index contributed by atoms with van der Waals surface area (Å²) >= 11 is 3.16. The van der Waals surface area contributed by atoms with E-state index in [1.807, 2.05) is 20.8 Å². The highest BCUT2D eigenvalue weighted by Gasteiger charge is 2.22. The van der Waals surface area contributed by atoms with Crippen molar-refractivity contribution in [3.63, 3.8) is 0 Å². The third kappa shape index (κ3) is 4.70. The maximum atomic E-state index is 13.1. The molecule has 0 aliphatic carbocycles. The molecule has 1 aromatic rings. The Morgan fingerprint density at radius 1 is 1.47 bits per heavy atom. The monoisotopic (exact) mass is 332 g/mol. The molecule has 0 bridgehead atoms. The molecule has 4 nitrogen and oxygen atoms in total. The summed E-state index contributed by atoms with van der Waals surface area (Å²) in [4.78, 5) is 11.9. The normalized spacial score (nSPS) is 12.9. The maximum absolute atomic E-state index is 13.1. The minimum absolute atomic E-state index is 0.141. The van der Waals surface area contributed by atoms with Gasteiger partial charge in [-0.25, -0.2) is 4.39 Å². The summed E-state index contributed by atoms with van der Waals surface area (Å²) in [7, 11) is 0. The predicted octanol–water partition coefficient (Wildman–Crippen LogP) is 2.85. The number of nitrogens with two attached hydrogens (primary N) is 1. The van der Waals surface area contributed by atoms with Gasteiger partial charge in [-0.1, -0.05) is 0 Å². The summed E-state index contributed by atoms with van der Waals surface area (Å²) in [6, 6.07) is 2.38. The van der Waals surface area contributed by atoms with Gasteiger partial charge in [0.15, 0.2) is 11.9 Å². The van der Waals surface area contributed by atoms with E-state index in [1.54, 1.807) is 6.92 Å². The average Bonchev–Trinajstić information content (AvgIpc) is 2.20. The Kier molecular flexibility index (Phi) is 4.79. The Hall–Kier alpha value is -1.30. The second-order valence-corrected chi connectivity index (χ2v) is 6.16. The first-order valence-corrected chi connectivity index (χ1v) is 6.62. The van der Waals surface area contributed by atoms with Crippen molar-refractivity contribution in [2.24, 2.45) is 0 Å². The molecule has 1 amide bonds. The minimum Gasteiger partial charge on any atom is -0.478 e. The third-order valence-corrected chi connectivity index (χ3v) is 2.79. The van der Waals surface area contributed by atoms with Crippen LogP contribution in [0.3, 0.4) is 0 Å². The van der Waals surface area contributed by atoms with E-state index in [2.05, 4.69) is 21.2 Å². The van der Waals surface area contributed by atoms with Crippen molar-refractivity contribution in [1.29, 1.82) is 0 Å². The molecule has 106 valence electrons. The summed E-state index contributed by atoms with van der Waals surface area (Å²) < 4.78 is 18.9. The van der Waals surface area contributed by atoms with Crippen molar-refractivity contribution in [1.82, 2.24) is 5.32 Å². The standard InChI is InChI=1S/C13H18BrFN2O2/c1-7(12(18)17-13(2,3)4)19-11-9(14)5-8(15)6-10(11)16/h5-7H,16H2,1-4H3,(H,17,18). The second kappa shape index (κ2) is 5.77. The number of ether oxygens (including phenoxy) is 1. The molecule has 0 aromatic heterocycles. The van der Waals surface area contributed by atoms with Crippen molar-refractivity contribution in [2.45, 2.75) is 39.3 Å². The van der Waals surface area contributed by atoms with Crippen molar-refractivity contribution < 1.29 is 13.9 Å². The van der Waals surface area contributed by atoms with Crippen LogP contribution in [0, 0.1) is 5.82 Å². The van der Waals surface area contributed by atoms with E-state index >= 15 is 0 Å². The molecule has 6 heteroatoms. The Morgan fingerprint density at radius 3 is 2.53 bits per heavy atom. The van der Waals surface area contributed by atoms with Crippen LogP contribution in [0.2, 0.25) is 0 Å². The van der Waals surface area contributed by atoms with Crippen LogP contribution in [0.25, 0.3) is 0 Å². The number of amides is 1. The number of nitrogens with one attached hydrogen (secondary N) is 1. The largest absolute Gasteiger partial charge is 0.478 e. The number of carbonyl (C=O) groups excluding carboxylic acids is 1. The molecule has 19 heavy (non-hydrogen) atoms. The second-order valence-electron chi connectivity index (χ2n) is 5.31. The number of hydrogen-bond donors (Lipinski definition) is 2. The van der Waals surface area contributed by atoms with Gasteiger partial charge in [-0.3, -0.25) is 4.79 Å². The van der Waals surface area contributed by atoms with Crippen LogP contribution in [0.15, 0.2) is 16.6 Å². The molecule has 3 N–H and O–H groups in total. The van der Waals surface area contributed by atoms with E-state index in [9.17, 15) is 9.18 Å². The molecule has 1 aromatic carbocycles. The fourth-order valence-corrected chi connectivity index (χ4v) is 1.95. The Labute approximate surface area is 120 Å². The lowest BCUT2D eigenvalue weighted by Gasteiger charge is -2.24. The fraction of sp³-hybridized carbons (Fsp3) is 0.462. The summed E-state index contributed by atoms with van der Waals surface area (Å²) in [6.45, 7) is 7.23. The van der Waals surface area contributed by atoms with Gasteiger partial charge in [-0.15, -0.1) is 0 Å². The molecule has 0 spiro atoms. The van der Waals surface area contributed by atoms with Gasteiger partial charge in [0.25, 0.3) is 5.91 Å². The van der Waals surface area contributed by atoms with Crippen LogP contribution < -0.4 is 15.8 Å². The summed E-state index contributed by atoms with van der Waals surface area (Å²) in [5.74, 6) is -0.468. The highest BCUT2D eigenvalue weighted by atomic mass is 79.9. The van der Waals surface area contributed by atoms with Crippen molar-refractivity contribution >= 4 is 27.5 Å². The molecule has 0 saturated heterocycles. The van der Waals surface area contributed by atoms with Crippen molar-refractivity contribution in [3.05, 3.63) is 22.4 Å². The molecule has 1 unspecified atom stereocenters. The van der Waals surface area contributed by atoms with Gasteiger partial charge in [-0.2, -0.15) is 0 Å². The lowest BCUT2D eigenvalue weighted by atomic mass is 10.1. The average molecular weight is 333 g/mol. The van der Waals surface area contributed by atoms with Gasteiger partial charge in [-0.05, 0) is 49.7 Å². The third-order valence-electron chi connectivity index (χ3n) is 2.20. The van der Waals surface area contributed by atoms with Crippen LogP contribution >= 0.6 is 15.9 Å². The van der Waals surface area contributed by atoms with Gasteiger partial charge in [0.2, 0.25) is 0 Å². The molecule has 0 saturated carbocycles. The van der Waals surface area contributed by atoms with E-state index in [0.29, 0.717) is 4.47 Å². The Balaban J connectivity index is 2.83. The maximum Gasteiger partial charge on any atom is 0.261 e.